The lowest BCUT2D eigenvalue weighted by atomic mass is 10.0. The number of carbonyl (C=O) groups is 1. The molecule has 21 heavy (non-hydrogen) atoms. The molecule has 1 aromatic carbocycles. The summed E-state index contributed by atoms with van der Waals surface area (Å²) in [6.45, 7) is 12.2. The van der Waals surface area contributed by atoms with Crippen LogP contribution in [0.2, 0.25) is 0 Å². The van der Waals surface area contributed by atoms with Crippen molar-refractivity contribution in [3.63, 3.8) is 0 Å². The van der Waals surface area contributed by atoms with Crippen molar-refractivity contribution in [3.05, 3.63) is 29.3 Å². The molecule has 0 heterocycles. The zero-order valence-corrected chi connectivity index (χ0v) is 13.8. The van der Waals surface area contributed by atoms with E-state index in [2.05, 4.69) is 24.5 Å². The molecule has 0 aromatic heterocycles. The third kappa shape index (κ3) is 5.38. The molecular formula is C17H28N2O2. The Morgan fingerprint density at radius 1 is 1.29 bits per heavy atom. The molecule has 1 atom stereocenters. The Balaban J connectivity index is 2.86. The van der Waals surface area contributed by atoms with Gasteiger partial charge in [0.25, 0.3) is 5.91 Å². The van der Waals surface area contributed by atoms with Gasteiger partial charge in [-0.05, 0) is 44.4 Å². The van der Waals surface area contributed by atoms with E-state index in [1.165, 1.54) is 0 Å². The molecule has 118 valence electrons. The molecule has 1 amide bonds. The Morgan fingerprint density at radius 3 is 2.57 bits per heavy atom. The third-order valence-corrected chi connectivity index (χ3v) is 3.41. The number of aryl methyl sites for hydroxylation is 1. The summed E-state index contributed by atoms with van der Waals surface area (Å²) in [6.07, 6.45) is 0. The van der Waals surface area contributed by atoms with Crippen molar-refractivity contribution >= 4 is 11.6 Å². The van der Waals surface area contributed by atoms with Crippen molar-refractivity contribution in [2.75, 3.05) is 25.1 Å². The molecule has 0 saturated carbocycles. The lowest BCUT2D eigenvalue weighted by Gasteiger charge is -2.23. The first kappa shape index (κ1) is 17.5. The van der Waals surface area contributed by atoms with Gasteiger partial charge in [-0.15, -0.1) is 0 Å². The van der Waals surface area contributed by atoms with Crippen LogP contribution in [0, 0.1) is 12.8 Å². The van der Waals surface area contributed by atoms with Crippen molar-refractivity contribution in [1.82, 2.24) is 5.32 Å². The molecule has 1 aromatic rings. The first-order valence-corrected chi connectivity index (χ1v) is 7.72. The number of benzene rings is 1. The fourth-order valence-corrected chi connectivity index (χ4v) is 2.08. The van der Waals surface area contributed by atoms with Crippen molar-refractivity contribution in [2.24, 2.45) is 5.92 Å². The van der Waals surface area contributed by atoms with Gasteiger partial charge in [-0.1, -0.05) is 19.9 Å². The van der Waals surface area contributed by atoms with Gasteiger partial charge >= 0.3 is 0 Å². The molecule has 0 aliphatic rings. The minimum absolute atomic E-state index is 0.0215. The monoisotopic (exact) mass is 292 g/mol. The number of anilines is 1. The molecule has 0 saturated heterocycles. The molecule has 1 unspecified atom stereocenters. The van der Waals surface area contributed by atoms with Gasteiger partial charge in [-0.3, -0.25) is 4.79 Å². The molecule has 4 nitrogen and oxygen atoms in total. The Morgan fingerprint density at radius 2 is 2.00 bits per heavy atom. The van der Waals surface area contributed by atoms with Gasteiger partial charge in [-0.2, -0.15) is 0 Å². The van der Waals surface area contributed by atoms with Gasteiger partial charge in [-0.25, -0.2) is 0 Å². The van der Waals surface area contributed by atoms with Crippen molar-refractivity contribution in [1.29, 1.82) is 0 Å². The molecule has 0 spiro atoms. The minimum Gasteiger partial charge on any atom is -0.385 e. The second kappa shape index (κ2) is 8.67. The smallest absolute Gasteiger partial charge is 0.253 e. The van der Waals surface area contributed by atoms with Crippen LogP contribution in [0.1, 0.15) is 43.6 Å². The summed E-state index contributed by atoms with van der Waals surface area (Å²) < 4.78 is 5.46. The van der Waals surface area contributed by atoms with E-state index >= 15 is 0 Å². The SMILES string of the molecule is CCNc1cc(C)ccc1C(=O)NC(COCC)C(C)C. The second-order valence-electron chi connectivity index (χ2n) is 5.56. The minimum atomic E-state index is -0.0515. The first-order valence-electron chi connectivity index (χ1n) is 7.72. The van der Waals surface area contributed by atoms with Crippen LogP contribution in [0.4, 0.5) is 5.69 Å². The number of hydrogen-bond acceptors (Lipinski definition) is 3. The summed E-state index contributed by atoms with van der Waals surface area (Å²) >= 11 is 0. The maximum atomic E-state index is 12.5. The van der Waals surface area contributed by atoms with Crippen LogP contribution in [-0.4, -0.2) is 31.7 Å². The van der Waals surface area contributed by atoms with E-state index in [1.807, 2.05) is 39.0 Å². The Labute approximate surface area is 128 Å². The highest BCUT2D eigenvalue weighted by molar-refractivity contribution is 5.99. The van der Waals surface area contributed by atoms with Gasteiger partial charge in [0, 0.05) is 18.8 Å². The molecule has 2 N–H and O–H groups in total. The molecule has 0 radical (unpaired) electrons. The number of nitrogens with one attached hydrogen (secondary N) is 2. The molecule has 0 aliphatic heterocycles. The third-order valence-electron chi connectivity index (χ3n) is 3.41. The predicted octanol–water partition coefficient (Wildman–Crippen LogP) is 3.22. The summed E-state index contributed by atoms with van der Waals surface area (Å²) in [6, 6.07) is 5.86. The number of carbonyl (C=O) groups excluding carboxylic acids is 1. The largest absolute Gasteiger partial charge is 0.385 e. The van der Waals surface area contributed by atoms with Crippen molar-refractivity contribution in [2.45, 2.75) is 40.7 Å². The fourth-order valence-electron chi connectivity index (χ4n) is 2.08. The zero-order chi connectivity index (χ0) is 15.8. The number of rotatable bonds is 8. The summed E-state index contributed by atoms with van der Waals surface area (Å²) in [5, 5.41) is 6.33. The normalized spacial score (nSPS) is 12.3. The van der Waals surface area contributed by atoms with E-state index in [4.69, 9.17) is 4.74 Å². The van der Waals surface area contributed by atoms with E-state index in [1.54, 1.807) is 0 Å². The lowest BCUT2D eigenvalue weighted by molar-refractivity contribution is 0.0807. The summed E-state index contributed by atoms with van der Waals surface area (Å²) in [5.41, 5.74) is 2.70. The topological polar surface area (TPSA) is 50.4 Å². The van der Waals surface area contributed by atoms with Gasteiger partial charge in [0.15, 0.2) is 0 Å². The van der Waals surface area contributed by atoms with Crippen LogP contribution in [0.5, 0.6) is 0 Å². The van der Waals surface area contributed by atoms with Gasteiger partial charge in [0.1, 0.15) is 0 Å². The van der Waals surface area contributed by atoms with E-state index in [0.29, 0.717) is 24.7 Å². The number of hydrogen-bond donors (Lipinski definition) is 2. The Hall–Kier alpha value is -1.55. The van der Waals surface area contributed by atoms with Gasteiger partial charge in [0.2, 0.25) is 0 Å². The van der Waals surface area contributed by atoms with E-state index in [9.17, 15) is 4.79 Å². The van der Waals surface area contributed by atoms with E-state index in [0.717, 1.165) is 17.8 Å². The standard InChI is InChI=1S/C17H28N2O2/c1-6-18-15-10-13(5)8-9-14(15)17(20)19-16(12(3)4)11-21-7-2/h8-10,12,16,18H,6-7,11H2,1-5H3,(H,19,20). The number of ether oxygens (including phenoxy) is 1. The maximum absolute atomic E-state index is 12.5. The highest BCUT2D eigenvalue weighted by atomic mass is 16.5. The van der Waals surface area contributed by atoms with Crippen LogP contribution in [0.15, 0.2) is 18.2 Å². The van der Waals surface area contributed by atoms with Gasteiger partial charge < -0.3 is 15.4 Å². The molecular weight excluding hydrogens is 264 g/mol. The zero-order valence-electron chi connectivity index (χ0n) is 13.8. The van der Waals surface area contributed by atoms with Crippen LogP contribution >= 0.6 is 0 Å². The molecule has 0 bridgehead atoms. The Kier molecular flexibility index (Phi) is 7.23. The van der Waals surface area contributed by atoms with Crippen molar-refractivity contribution in [3.8, 4) is 0 Å². The van der Waals surface area contributed by atoms with Crippen LogP contribution < -0.4 is 10.6 Å². The maximum Gasteiger partial charge on any atom is 0.253 e. The molecule has 1 rings (SSSR count). The first-order chi connectivity index (χ1) is 9.99. The fraction of sp³-hybridized carbons (Fsp3) is 0.588. The van der Waals surface area contributed by atoms with Gasteiger partial charge in [0.05, 0.1) is 18.2 Å². The molecule has 4 heteroatoms. The highest BCUT2D eigenvalue weighted by Crippen LogP contribution is 2.18. The van der Waals surface area contributed by atoms with E-state index < -0.39 is 0 Å². The lowest BCUT2D eigenvalue weighted by Crippen LogP contribution is -2.42. The van der Waals surface area contributed by atoms with Crippen molar-refractivity contribution < 1.29 is 9.53 Å². The molecule has 0 fully saturated rings. The molecule has 0 aliphatic carbocycles. The second-order valence-corrected chi connectivity index (χ2v) is 5.56. The highest BCUT2D eigenvalue weighted by Gasteiger charge is 2.19. The summed E-state index contributed by atoms with van der Waals surface area (Å²) in [4.78, 5) is 12.5. The van der Waals surface area contributed by atoms with Crippen LogP contribution in [0.25, 0.3) is 0 Å². The average molecular weight is 292 g/mol. The predicted molar refractivity (Wildman–Crippen MR) is 87.9 cm³/mol. The summed E-state index contributed by atoms with van der Waals surface area (Å²) in [5.74, 6) is 0.276. The summed E-state index contributed by atoms with van der Waals surface area (Å²) in [7, 11) is 0. The quantitative estimate of drug-likeness (QED) is 0.773. The van der Waals surface area contributed by atoms with Crippen LogP contribution in [0.3, 0.4) is 0 Å². The number of amides is 1. The Bertz CT molecular complexity index is 458. The van der Waals surface area contributed by atoms with Crippen LogP contribution in [-0.2, 0) is 4.74 Å². The average Bonchev–Trinajstić information content (AvgIpc) is 2.43. The van der Waals surface area contributed by atoms with E-state index in [-0.39, 0.29) is 11.9 Å².